The highest BCUT2D eigenvalue weighted by Crippen LogP contribution is 2.24. The largest absolute Gasteiger partial charge is 0.478 e. The lowest BCUT2D eigenvalue weighted by Gasteiger charge is -2.07. The zero-order valence-corrected chi connectivity index (χ0v) is 13.3. The number of nitrogens with one attached hydrogen (secondary N) is 1. The summed E-state index contributed by atoms with van der Waals surface area (Å²) in [6.07, 6.45) is 1.38. The molecule has 0 bridgehead atoms. The van der Waals surface area contributed by atoms with Crippen LogP contribution in [0.3, 0.4) is 0 Å². The summed E-state index contributed by atoms with van der Waals surface area (Å²) in [4.78, 5) is 14.7. The molecule has 0 saturated heterocycles. The lowest BCUT2D eigenvalue weighted by atomic mass is 10.3. The van der Waals surface area contributed by atoms with Gasteiger partial charge in [0.05, 0.1) is 17.4 Å². The van der Waals surface area contributed by atoms with Crippen molar-refractivity contribution in [2.45, 2.75) is 11.1 Å². The van der Waals surface area contributed by atoms with Gasteiger partial charge in [-0.05, 0) is 40.5 Å². The number of halogens is 1. The van der Waals surface area contributed by atoms with Crippen LogP contribution in [-0.4, -0.2) is 24.5 Å². The van der Waals surface area contributed by atoms with Gasteiger partial charge in [0.2, 0.25) is 0 Å². The van der Waals surface area contributed by atoms with E-state index in [0.29, 0.717) is 10.3 Å². The Morgan fingerprint density at radius 1 is 1.45 bits per heavy atom. The number of hydrogen-bond acceptors (Lipinski definition) is 5. The minimum atomic E-state index is -3.81. The van der Waals surface area contributed by atoms with Crippen molar-refractivity contribution < 1.29 is 18.3 Å². The second-order valence-corrected chi connectivity index (χ2v) is 7.47. The van der Waals surface area contributed by atoms with Crippen LogP contribution in [0.15, 0.2) is 32.5 Å². The molecule has 0 fully saturated rings. The molecule has 0 unspecified atom stereocenters. The van der Waals surface area contributed by atoms with Crippen molar-refractivity contribution in [1.29, 1.82) is 0 Å². The fraction of sp³-hybridized carbons (Fsp3) is 0.0909. The number of hydrogen-bond donors (Lipinski definition) is 2. The molecule has 0 aliphatic carbocycles. The smallest absolute Gasteiger partial charge is 0.336 e. The van der Waals surface area contributed by atoms with E-state index in [0.717, 1.165) is 23.0 Å². The standard InChI is InChI=1S/C11H9BrN2O4S2/c1-6-2-8(4-13-10(6)12)14-20(17,18)9-3-7(5-19-9)11(15)16/h2-5,14H,1H3,(H,15,16). The van der Waals surface area contributed by atoms with Gasteiger partial charge >= 0.3 is 5.97 Å². The van der Waals surface area contributed by atoms with Crippen LogP contribution >= 0.6 is 27.3 Å². The van der Waals surface area contributed by atoms with E-state index in [1.807, 2.05) is 0 Å². The molecular weight excluding hydrogens is 368 g/mol. The van der Waals surface area contributed by atoms with Crippen molar-refractivity contribution >= 4 is 48.9 Å². The summed E-state index contributed by atoms with van der Waals surface area (Å²) in [5.74, 6) is -1.16. The Morgan fingerprint density at radius 2 is 2.15 bits per heavy atom. The third-order valence-electron chi connectivity index (χ3n) is 2.35. The first-order valence-corrected chi connectivity index (χ1v) is 8.42. The van der Waals surface area contributed by atoms with E-state index in [2.05, 4.69) is 25.6 Å². The number of aromatic nitrogens is 1. The van der Waals surface area contributed by atoms with Crippen LogP contribution in [0.25, 0.3) is 0 Å². The maximum atomic E-state index is 12.1. The Kier molecular flexibility index (Phi) is 4.11. The van der Waals surface area contributed by atoms with Gasteiger partial charge < -0.3 is 5.11 Å². The average Bonchev–Trinajstić information content (AvgIpc) is 2.84. The van der Waals surface area contributed by atoms with Crippen molar-refractivity contribution in [1.82, 2.24) is 4.98 Å². The monoisotopic (exact) mass is 376 g/mol. The number of aromatic carboxylic acids is 1. The van der Waals surface area contributed by atoms with Gasteiger partial charge in [0.25, 0.3) is 10.0 Å². The van der Waals surface area contributed by atoms with Gasteiger partial charge in [0.15, 0.2) is 0 Å². The Hall–Kier alpha value is -1.45. The summed E-state index contributed by atoms with van der Waals surface area (Å²) in [6, 6.07) is 2.74. The van der Waals surface area contributed by atoms with E-state index in [1.54, 1.807) is 13.0 Å². The van der Waals surface area contributed by atoms with Crippen LogP contribution < -0.4 is 4.72 Å². The summed E-state index contributed by atoms with van der Waals surface area (Å²) in [5, 5.41) is 10.1. The number of nitrogens with zero attached hydrogens (tertiary/aromatic N) is 1. The van der Waals surface area contributed by atoms with E-state index in [4.69, 9.17) is 5.11 Å². The van der Waals surface area contributed by atoms with Gasteiger partial charge in [-0.3, -0.25) is 4.72 Å². The van der Waals surface area contributed by atoms with Gasteiger partial charge in [0, 0.05) is 5.38 Å². The molecule has 0 aliphatic heterocycles. The van der Waals surface area contributed by atoms with Crippen LogP contribution in [0.2, 0.25) is 0 Å². The molecule has 106 valence electrons. The first kappa shape index (κ1) is 14.9. The molecule has 0 spiro atoms. The molecule has 0 amide bonds. The molecule has 0 atom stereocenters. The second-order valence-electron chi connectivity index (χ2n) is 3.90. The molecule has 6 nitrogen and oxygen atoms in total. The first-order chi connectivity index (χ1) is 9.29. The number of carboxylic acid groups (broad SMARTS) is 1. The minimum Gasteiger partial charge on any atom is -0.478 e. The zero-order chi connectivity index (χ0) is 14.9. The molecule has 2 N–H and O–H groups in total. The topological polar surface area (TPSA) is 96.4 Å². The number of rotatable bonds is 4. The molecule has 2 aromatic heterocycles. The second kappa shape index (κ2) is 5.51. The Balaban J connectivity index is 2.30. The lowest BCUT2D eigenvalue weighted by Crippen LogP contribution is -2.12. The maximum absolute atomic E-state index is 12.1. The number of aryl methyl sites for hydroxylation is 1. The van der Waals surface area contributed by atoms with Crippen molar-refractivity contribution in [2.75, 3.05) is 4.72 Å². The quantitative estimate of drug-likeness (QED) is 0.799. The number of anilines is 1. The van der Waals surface area contributed by atoms with Gasteiger partial charge in [-0.25, -0.2) is 18.2 Å². The van der Waals surface area contributed by atoms with Crippen LogP contribution in [0.5, 0.6) is 0 Å². The maximum Gasteiger partial charge on any atom is 0.336 e. The molecule has 2 aromatic rings. The van der Waals surface area contributed by atoms with E-state index in [-0.39, 0.29) is 9.77 Å². The summed E-state index contributed by atoms with van der Waals surface area (Å²) in [7, 11) is -3.81. The van der Waals surface area contributed by atoms with Crippen LogP contribution in [0, 0.1) is 6.92 Å². The molecular formula is C11H9BrN2O4S2. The molecule has 2 heterocycles. The molecule has 0 aromatic carbocycles. The molecule has 0 saturated carbocycles. The van der Waals surface area contributed by atoms with Crippen molar-refractivity contribution in [3.05, 3.63) is 39.4 Å². The third-order valence-corrected chi connectivity index (χ3v) is 6.00. The zero-order valence-electron chi connectivity index (χ0n) is 10.1. The normalized spacial score (nSPS) is 11.3. The Labute approximate surface area is 127 Å². The molecule has 0 radical (unpaired) electrons. The van der Waals surface area contributed by atoms with Gasteiger partial charge in [-0.1, -0.05) is 0 Å². The molecule has 0 aliphatic rings. The van der Waals surface area contributed by atoms with E-state index in [9.17, 15) is 13.2 Å². The highest BCUT2D eigenvalue weighted by molar-refractivity contribution is 9.10. The highest BCUT2D eigenvalue weighted by atomic mass is 79.9. The number of carbonyl (C=O) groups is 1. The van der Waals surface area contributed by atoms with Crippen molar-refractivity contribution in [3.63, 3.8) is 0 Å². The van der Waals surface area contributed by atoms with Crippen molar-refractivity contribution in [3.8, 4) is 0 Å². The van der Waals surface area contributed by atoms with Crippen LogP contribution in [-0.2, 0) is 10.0 Å². The number of sulfonamides is 1. The number of carboxylic acids is 1. The van der Waals surface area contributed by atoms with Crippen LogP contribution in [0.1, 0.15) is 15.9 Å². The van der Waals surface area contributed by atoms with E-state index < -0.39 is 16.0 Å². The Morgan fingerprint density at radius 3 is 2.70 bits per heavy atom. The fourth-order valence-electron chi connectivity index (χ4n) is 1.39. The number of thiophene rings is 1. The van der Waals surface area contributed by atoms with Crippen molar-refractivity contribution in [2.24, 2.45) is 0 Å². The summed E-state index contributed by atoms with van der Waals surface area (Å²) in [5.41, 5.74) is 1.04. The summed E-state index contributed by atoms with van der Waals surface area (Å²) < 4.78 is 27.1. The number of pyridine rings is 1. The predicted octanol–water partition coefficient (Wildman–Crippen LogP) is 2.71. The molecule has 20 heavy (non-hydrogen) atoms. The average molecular weight is 377 g/mol. The summed E-state index contributed by atoms with van der Waals surface area (Å²) in [6.45, 7) is 1.78. The minimum absolute atomic E-state index is 0.0551. The van der Waals surface area contributed by atoms with Gasteiger partial charge in [-0.15, -0.1) is 11.3 Å². The fourth-order valence-corrected chi connectivity index (χ4v) is 3.79. The van der Waals surface area contributed by atoms with Gasteiger partial charge in [-0.2, -0.15) is 0 Å². The van der Waals surface area contributed by atoms with E-state index in [1.165, 1.54) is 11.6 Å². The van der Waals surface area contributed by atoms with E-state index >= 15 is 0 Å². The molecule has 9 heteroatoms. The SMILES string of the molecule is Cc1cc(NS(=O)(=O)c2cc(C(=O)O)cs2)cnc1Br. The Bertz CT molecular complexity index is 770. The highest BCUT2D eigenvalue weighted by Gasteiger charge is 2.19. The third kappa shape index (κ3) is 3.17. The lowest BCUT2D eigenvalue weighted by molar-refractivity contribution is 0.0697. The first-order valence-electron chi connectivity index (χ1n) is 5.26. The van der Waals surface area contributed by atoms with Crippen LogP contribution in [0.4, 0.5) is 5.69 Å². The predicted molar refractivity (Wildman–Crippen MR) is 78.8 cm³/mol. The molecule has 2 rings (SSSR count). The summed E-state index contributed by atoms with van der Waals surface area (Å²) >= 11 is 4.07. The van der Waals surface area contributed by atoms with Gasteiger partial charge in [0.1, 0.15) is 8.81 Å².